The van der Waals surface area contributed by atoms with Crippen molar-refractivity contribution in [3.8, 4) is 22.9 Å². The number of para-hydroxylation sites is 1. The van der Waals surface area contributed by atoms with E-state index in [0.717, 1.165) is 22.4 Å². The summed E-state index contributed by atoms with van der Waals surface area (Å²) in [6.07, 6.45) is 1.52. The van der Waals surface area contributed by atoms with Crippen molar-refractivity contribution in [3.05, 3.63) is 86.7 Å². The lowest BCUT2D eigenvalue weighted by atomic mass is 9.96. The molecule has 0 aliphatic heterocycles. The lowest BCUT2D eigenvalue weighted by molar-refractivity contribution is -0.119. The van der Waals surface area contributed by atoms with E-state index in [1.165, 1.54) is 10.9 Å². The molecule has 4 aromatic rings. The molecule has 0 aliphatic carbocycles. The van der Waals surface area contributed by atoms with Gasteiger partial charge in [0.05, 0.1) is 29.2 Å². The Hall–Kier alpha value is -4.17. The Bertz CT molecular complexity index is 1580. The Labute approximate surface area is 219 Å². The minimum atomic E-state index is -0.605. The number of nitrogens with zero attached hydrogens (tertiary/aromatic N) is 3. The number of amides is 1. The lowest BCUT2D eigenvalue weighted by Crippen LogP contribution is -2.21. The smallest absolute Gasteiger partial charge is 0.282 e. The largest absolute Gasteiger partial charge is 0.496 e. The van der Waals surface area contributed by atoms with Crippen molar-refractivity contribution >= 4 is 34.6 Å². The Morgan fingerprint density at radius 2 is 1.92 bits per heavy atom. The van der Waals surface area contributed by atoms with Crippen LogP contribution in [0.15, 0.2) is 64.5 Å². The summed E-state index contributed by atoms with van der Waals surface area (Å²) in [6, 6.07) is 16.1. The van der Waals surface area contributed by atoms with E-state index >= 15 is 0 Å². The van der Waals surface area contributed by atoms with Gasteiger partial charge in [-0.05, 0) is 72.0 Å². The van der Waals surface area contributed by atoms with E-state index in [4.69, 9.17) is 31.8 Å². The third-order valence-corrected chi connectivity index (χ3v) is 6.14. The number of nitrogens with two attached hydrogens (primary N) is 1. The second kappa shape index (κ2) is 10.8. The summed E-state index contributed by atoms with van der Waals surface area (Å²) in [5.74, 6) is 1.10. The Morgan fingerprint density at radius 3 is 2.59 bits per heavy atom. The van der Waals surface area contributed by atoms with Gasteiger partial charge < -0.3 is 15.2 Å². The number of halogens is 1. The van der Waals surface area contributed by atoms with E-state index < -0.39 is 5.91 Å². The molecule has 37 heavy (non-hydrogen) atoms. The summed E-state index contributed by atoms with van der Waals surface area (Å²) in [4.78, 5) is 29.4. The maximum Gasteiger partial charge on any atom is 0.282 e. The van der Waals surface area contributed by atoms with Crippen LogP contribution in [0.5, 0.6) is 11.5 Å². The number of methoxy groups -OCH3 is 1. The Morgan fingerprint density at radius 1 is 1.16 bits per heavy atom. The predicted octanol–water partition coefficient (Wildman–Crippen LogP) is 4.90. The number of hydrogen-bond acceptors (Lipinski definition) is 6. The van der Waals surface area contributed by atoms with Gasteiger partial charge in [0.25, 0.3) is 11.5 Å². The topological polar surface area (TPSA) is 109 Å². The highest BCUT2D eigenvalue weighted by molar-refractivity contribution is 6.32. The second-order valence-electron chi connectivity index (χ2n) is 8.82. The molecular formula is C28H27ClN4O4. The maximum absolute atomic E-state index is 13.6. The van der Waals surface area contributed by atoms with Crippen LogP contribution < -0.4 is 20.8 Å². The van der Waals surface area contributed by atoms with E-state index in [9.17, 15) is 9.59 Å². The number of aryl methyl sites for hydroxylation is 1. The highest BCUT2D eigenvalue weighted by Gasteiger charge is 2.18. The van der Waals surface area contributed by atoms with Crippen LogP contribution in [-0.2, 0) is 4.79 Å². The molecule has 190 valence electrons. The molecule has 4 rings (SSSR count). The standard InChI is InChI=1S/C28H27ClN4O4/c1-16(2)20-13-21(17(3)11-25(20)36-4)27-32-23-8-6-5-7-19(23)28(35)33(27)31-14-18-9-10-24(22(29)12-18)37-15-26(30)34/h5-14,16H,15H2,1-4H3,(H2,30,34). The minimum absolute atomic E-state index is 0.191. The molecule has 0 fully saturated rings. The number of carbonyl (C=O) groups excluding carboxylic acids is 1. The quantitative estimate of drug-likeness (QED) is 0.333. The number of fused-ring (bicyclic) bond motifs is 1. The molecular weight excluding hydrogens is 492 g/mol. The lowest BCUT2D eigenvalue weighted by Gasteiger charge is -2.17. The van der Waals surface area contributed by atoms with Gasteiger partial charge in [-0.15, -0.1) is 0 Å². The van der Waals surface area contributed by atoms with Crippen molar-refractivity contribution in [1.29, 1.82) is 0 Å². The fourth-order valence-electron chi connectivity index (χ4n) is 3.96. The molecule has 0 saturated heterocycles. The third-order valence-electron chi connectivity index (χ3n) is 5.84. The predicted molar refractivity (Wildman–Crippen MR) is 146 cm³/mol. The molecule has 3 aromatic carbocycles. The van der Waals surface area contributed by atoms with Gasteiger partial charge in [0.2, 0.25) is 0 Å². The zero-order chi connectivity index (χ0) is 26.7. The highest BCUT2D eigenvalue weighted by atomic mass is 35.5. The van der Waals surface area contributed by atoms with Crippen molar-refractivity contribution in [1.82, 2.24) is 9.66 Å². The molecule has 0 unspecified atom stereocenters. The molecule has 0 aliphatic rings. The fraction of sp³-hybridized carbons (Fsp3) is 0.214. The van der Waals surface area contributed by atoms with Crippen molar-refractivity contribution in [3.63, 3.8) is 0 Å². The van der Waals surface area contributed by atoms with Gasteiger partial charge >= 0.3 is 0 Å². The normalized spacial score (nSPS) is 11.4. The van der Waals surface area contributed by atoms with Crippen LogP contribution in [0, 0.1) is 6.92 Å². The number of primary amides is 1. The van der Waals surface area contributed by atoms with Crippen LogP contribution in [0.2, 0.25) is 5.02 Å². The molecule has 0 spiro atoms. The molecule has 1 heterocycles. The Balaban J connectivity index is 1.86. The van der Waals surface area contributed by atoms with Gasteiger partial charge in [0.1, 0.15) is 11.5 Å². The van der Waals surface area contributed by atoms with Gasteiger partial charge in [-0.1, -0.05) is 37.6 Å². The first-order valence-electron chi connectivity index (χ1n) is 11.6. The van der Waals surface area contributed by atoms with Crippen LogP contribution in [0.25, 0.3) is 22.3 Å². The first-order chi connectivity index (χ1) is 17.7. The van der Waals surface area contributed by atoms with Crippen molar-refractivity contribution in [2.75, 3.05) is 13.7 Å². The van der Waals surface area contributed by atoms with Gasteiger partial charge in [-0.3, -0.25) is 9.59 Å². The van der Waals surface area contributed by atoms with Gasteiger partial charge in [-0.2, -0.15) is 9.78 Å². The van der Waals surface area contributed by atoms with Crippen LogP contribution in [-0.4, -0.2) is 35.5 Å². The molecule has 8 nitrogen and oxygen atoms in total. The molecule has 0 radical (unpaired) electrons. The zero-order valence-electron chi connectivity index (χ0n) is 21.0. The SMILES string of the molecule is COc1cc(C)c(-c2nc3ccccc3c(=O)n2N=Cc2ccc(OCC(N)=O)c(Cl)c2)cc1C(C)C. The van der Waals surface area contributed by atoms with Crippen LogP contribution in [0.3, 0.4) is 0 Å². The number of carbonyl (C=O) groups is 1. The second-order valence-corrected chi connectivity index (χ2v) is 9.23. The number of ether oxygens (including phenoxy) is 2. The molecule has 1 amide bonds. The molecule has 1 aromatic heterocycles. The number of benzene rings is 3. The average Bonchev–Trinajstić information content (AvgIpc) is 2.87. The van der Waals surface area contributed by atoms with Crippen LogP contribution in [0.1, 0.15) is 36.5 Å². The van der Waals surface area contributed by atoms with Crippen molar-refractivity contribution in [2.24, 2.45) is 10.8 Å². The number of aromatic nitrogens is 2. The number of hydrogen-bond donors (Lipinski definition) is 1. The highest BCUT2D eigenvalue weighted by Crippen LogP contribution is 2.34. The van der Waals surface area contributed by atoms with E-state index in [1.807, 2.05) is 25.1 Å². The summed E-state index contributed by atoms with van der Waals surface area (Å²) < 4.78 is 12.2. The van der Waals surface area contributed by atoms with E-state index in [0.29, 0.717) is 28.0 Å². The van der Waals surface area contributed by atoms with Crippen LogP contribution >= 0.6 is 11.6 Å². The summed E-state index contributed by atoms with van der Waals surface area (Å²) in [7, 11) is 1.64. The molecule has 2 N–H and O–H groups in total. The van der Waals surface area contributed by atoms with E-state index in [2.05, 4.69) is 18.9 Å². The first kappa shape index (κ1) is 25.9. The average molecular weight is 519 g/mol. The maximum atomic E-state index is 13.6. The monoisotopic (exact) mass is 518 g/mol. The Kier molecular flexibility index (Phi) is 7.59. The first-order valence-corrected chi connectivity index (χ1v) is 12.0. The van der Waals surface area contributed by atoms with Crippen molar-refractivity contribution < 1.29 is 14.3 Å². The zero-order valence-corrected chi connectivity index (χ0v) is 21.7. The minimum Gasteiger partial charge on any atom is -0.496 e. The molecule has 9 heteroatoms. The van der Waals surface area contributed by atoms with Gasteiger partial charge in [-0.25, -0.2) is 4.98 Å². The summed E-state index contributed by atoms with van der Waals surface area (Å²) >= 11 is 6.30. The van der Waals surface area contributed by atoms with Gasteiger partial charge in [0.15, 0.2) is 12.4 Å². The number of rotatable bonds is 8. The summed E-state index contributed by atoms with van der Waals surface area (Å²) in [6.45, 7) is 5.82. The molecule has 0 bridgehead atoms. The van der Waals surface area contributed by atoms with Gasteiger partial charge in [0, 0.05) is 5.56 Å². The van der Waals surface area contributed by atoms with E-state index in [1.54, 1.807) is 43.5 Å². The molecule has 0 atom stereocenters. The van der Waals surface area contributed by atoms with Crippen LogP contribution in [0.4, 0.5) is 0 Å². The molecule has 0 saturated carbocycles. The summed E-state index contributed by atoms with van der Waals surface area (Å²) in [5, 5.41) is 5.25. The summed E-state index contributed by atoms with van der Waals surface area (Å²) in [5.41, 5.74) is 8.70. The van der Waals surface area contributed by atoms with Crippen molar-refractivity contribution in [2.45, 2.75) is 26.7 Å². The third kappa shape index (κ3) is 5.49. The van der Waals surface area contributed by atoms with E-state index in [-0.39, 0.29) is 23.1 Å². The fourth-order valence-corrected chi connectivity index (χ4v) is 4.20.